The van der Waals surface area contributed by atoms with Gasteiger partial charge in [-0.25, -0.2) is 4.98 Å². The minimum atomic E-state index is -1.04. The number of halogens is 1. The minimum absolute atomic E-state index is 0.159. The second kappa shape index (κ2) is 8.26. The summed E-state index contributed by atoms with van der Waals surface area (Å²) in [6, 6.07) is 18.4. The summed E-state index contributed by atoms with van der Waals surface area (Å²) in [4.78, 5) is 16.5. The molecule has 2 N–H and O–H groups in total. The molecule has 5 heteroatoms. The van der Waals surface area contributed by atoms with Crippen LogP contribution in [-0.2, 0) is 0 Å². The fraction of sp³-hybridized carbons (Fsp3) is 0.130. The number of nitrogens with one attached hydrogen (secondary N) is 1. The maximum atomic E-state index is 12.6. The number of hydrogen-bond donors (Lipinski definition) is 2. The molecule has 2 aromatic carbocycles. The number of amides is 1. The first-order valence-corrected chi connectivity index (χ1v) is 9.08. The zero-order valence-electron chi connectivity index (χ0n) is 15.5. The van der Waals surface area contributed by atoms with Crippen LogP contribution in [0.5, 0.6) is 0 Å². The molecule has 0 radical (unpaired) electrons. The Morgan fingerprint density at radius 2 is 1.79 bits per heavy atom. The van der Waals surface area contributed by atoms with Crippen molar-refractivity contribution in [2.75, 3.05) is 5.32 Å². The number of aliphatic hydroxyl groups is 1. The van der Waals surface area contributed by atoms with Gasteiger partial charge in [-0.05, 0) is 49.7 Å². The van der Waals surface area contributed by atoms with E-state index in [1.807, 2.05) is 48.5 Å². The van der Waals surface area contributed by atoms with Crippen LogP contribution in [0.1, 0.15) is 29.8 Å². The molecule has 0 atom stereocenters. The lowest BCUT2D eigenvalue weighted by atomic mass is 10.0. The van der Waals surface area contributed by atoms with Crippen molar-refractivity contribution < 1.29 is 9.90 Å². The number of aromatic nitrogens is 1. The van der Waals surface area contributed by atoms with Crippen molar-refractivity contribution in [1.82, 2.24) is 4.98 Å². The van der Waals surface area contributed by atoms with Crippen LogP contribution < -0.4 is 5.32 Å². The molecule has 1 amide bonds. The van der Waals surface area contributed by atoms with Gasteiger partial charge in [-0.2, -0.15) is 0 Å². The van der Waals surface area contributed by atoms with E-state index in [1.54, 1.807) is 26.0 Å². The van der Waals surface area contributed by atoms with Crippen LogP contribution in [0.4, 0.5) is 5.69 Å². The van der Waals surface area contributed by atoms with Crippen LogP contribution in [0.2, 0.25) is 5.15 Å². The second-order valence-electron chi connectivity index (χ2n) is 6.73. The van der Waals surface area contributed by atoms with Crippen LogP contribution in [0, 0.1) is 11.8 Å². The van der Waals surface area contributed by atoms with Gasteiger partial charge in [0.1, 0.15) is 10.8 Å². The molecule has 0 fully saturated rings. The summed E-state index contributed by atoms with van der Waals surface area (Å²) < 4.78 is 0. The summed E-state index contributed by atoms with van der Waals surface area (Å²) in [6.45, 7) is 3.28. The van der Waals surface area contributed by atoms with E-state index >= 15 is 0 Å². The Labute approximate surface area is 169 Å². The largest absolute Gasteiger partial charge is 0.378 e. The van der Waals surface area contributed by atoms with E-state index < -0.39 is 5.60 Å². The van der Waals surface area contributed by atoms with Gasteiger partial charge < -0.3 is 10.4 Å². The number of pyridine rings is 1. The molecule has 1 heterocycles. The molecule has 1 aromatic heterocycles. The second-order valence-corrected chi connectivity index (χ2v) is 7.09. The zero-order chi connectivity index (χ0) is 20.1. The van der Waals surface area contributed by atoms with Gasteiger partial charge in [-0.1, -0.05) is 53.8 Å². The Morgan fingerprint density at radius 1 is 1.07 bits per heavy atom. The van der Waals surface area contributed by atoms with E-state index in [0.29, 0.717) is 11.3 Å². The molecule has 4 nitrogen and oxygen atoms in total. The maximum absolute atomic E-state index is 12.6. The molecule has 3 aromatic rings. The van der Waals surface area contributed by atoms with Crippen molar-refractivity contribution in [3.8, 4) is 23.0 Å². The number of carbonyl (C=O) groups is 1. The highest BCUT2D eigenvalue weighted by atomic mass is 35.5. The molecule has 0 aliphatic heterocycles. The summed E-state index contributed by atoms with van der Waals surface area (Å²) in [5.41, 5.74) is 2.55. The third kappa shape index (κ3) is 4.98. The molecular weight excluding hydrogens is 372 g/mol. The molecule has 0 aliphatic carbocycles. The third-order valence-electron chi connectivity index (χ3n) is 3.89. The summed E-state index contributed by atoms with van der Waals surface area (Å²) in [5.74, 6) is 5.41. The van der Waals surface area contributed by atoms with E-state index in [4.69, 9.17) is 11.6 Å². The Balaban J connectivity index is 1.87. The van der Waals surface area contributed by atoms with Gasteiger partial charge in [0.05, 0.1) is 5.56 Å². The molecule has 0 aliphatic rings. The SMILES string of the molecule is CC(C)(O)C#Cc1ccc(-c2ccccc2NC(=O)c2cccnc2Cl)cc1. The van der Waals surface area contributed by atoms with Gasteiger partial charge in [0, 0.05) is 23.0 Å². The van der Waals surface area contributed by atoms with E-state index in [0.717, 1.165) is 16.7 Å². The van der Waals surface area contributed by atoms with Crippen molar-refractivity contribution >= 4 is 23.2 Å². The number of para-hydroxylation sites is 1. The fourth-order valence-electron chi connectivity index (χ4n) is 2.55. The predicted octanol–water partition coefficient (Wildman–Crippen LogP) is 4.78. The number of rotatable bonds is 3. The number of carbonyl (C=O) groups excluding carboxylic acids is 1. The summed E-state index contributed by atoms with van der Waals surface area (Å²) >= 11 is 6.02. The van der Waals surface area contributed by atoms with E-state index in [1.165, 1.54) is 6.20 Å². The smallest absolute Gasteiger partial charge is 0.258 e. The fourth-order valence-corrected chi connectivity index (χ4v) is 2.75. The third-order valence-corrected chi connectivity index (χ3v) is 4.19. The van der Waals surface area contributed by atoms with E-state index in [9.17, 15) is 9.90 Å². The van der Waals surface area contributed by atoms with Gasteiger partial charge in [-0.3, -0.25) is 4.79 Å². The number of hydrogen-bond acceptors (Lipinski definition) is 3. The summed E-state index contributed by atoms with van der Waals surface area (Å²) in [6.07, 6.45) is 1.54. The lowest BCUT2D eigenvalue weighted by Gasteiger charge is -2.12. The van der Waals surface area contributed by atoms with Gasteiger partial charge in [0.25, 0.3) is 5.91 Å². The lowest BCUT2D eigenvalue weighted by Crippen LogP contribution is -2.14. The topological polar surface area (TPSA) is 62.2 Å². The molecule has 0 saturated carbocycles. The summed E-state index contributed by atoms with van der Waals surface area (Å²) in [7, 11) is 0. The lowest BCUT2D eigenvalue weighted by molar-refractivity contribution is 0.102. The molecule has 0 saturated heterocycles. The maximum Gasteiger partial charge on any atom is 0.258 e. The molecule has 3 rings (SSSR count). The predicted molar refractivity (Wildman–Crippen MR) is 112 cm³/mol. The van der Waals surface area contributed by atoms with Crippen LogP contribution >= 0.6 is 11.6 Å². The highest BCUT2D eigenvalue weighted by Gasteiger charge is 2.13. The highest BCUT2D eigenvalue weighted by Crippen LogP contribution is 2.28. The number of nitrogens with zero attached hydrogens (tertiary/aromatic N) is 1. The first-order chi connectivity index (χ1) is 13.3. The van der Waals surface area contributed by atoms with E-state index in [2.05, 4.69) is 22.1 Å². The van der Waals surface area contributed by atoms with Crippen LogP contribution in [0.3, 0.4) is 0 Å². The van der Waals surface area contributed by atoms with Crippen LogP contribution in [-0.4, -0.2) is 21.6 Å². The van der Waals surface area contributed by atoms with Crippen molar-refractivity contribution in [3.05, 3.63) is 83.1 Å². The first-order valence-electron chi connectivity index (χ1n) is 8.70. The highest BCUT2D eigenvalue weighted by molar-refractivity contribution is 6.33. The average Bonchev–Trinajstić information content (AvgIpc) is 2.67. The van der Waals surface area contributed by atoms with Gasteiger partial charge in [0.15, 0.2) is 0 Å². The minimum Gasteiger partial charge on any atom is -0.378 e. The molecular formula is C23H19ClN2O2. The Hall–Kier alpha value is -3.13. The van der Waals surface area contributed by atoms with E-state index in [-0.39, 0.29) is 11.1 Å². The normalized spacial score (nSPS) is 10.7. The monoisotopic (exact) mass is 390 g/mol. The molecule has 0 unspecified atom stereocenters. The molecule has 0 spiro atoms. The van der Waals surface area contributed by atoms with Crippen molar-refractivity contribution in [2.24, 2.45) is 0 Å². The molecule has 140 valence electrons. The summed E-state index contributed by atoms with van der Waals surface area (Å²) in [5, 5.41) is 12.8. The quantitative estimate of drug-likeness (QED) is 0.500. The van der Waals surface area contributed by atoms with Crippen molar-refractivity contribution in [3.63, 3.8) is 0 Å². The van der Waals surface area contributed by atoms with Gasteiger partial charge in [0.2, 0.25) is 0 Å². The standard InChI is InChI=1S/C23H19ClN2O2/c1-23(2,28)14-13-16-9-11-17(12-10-16)18-6-3-4-8-20(18)26-22(27)19-7-5-15-25-21(19)24/h3-12,15,28H,1-2H3,(H,26,27). The average molecular weight is 391 g/mol. The van der Waals surface area contributed by atoms with Crippen molar-refractivity contribution in [2.45, 2.75) is 19.4 Å². The Morgan fingerprint density at radius 3 is 2.46 bits per heavy atom. The number of anilines is 1. The number of benzene rings is 2. The molecule has 0 bridgehead atoms. The molecule has 28 heavy (non-hydrogen) atoms. The van der Waals surface area contributed by atoms with Crippen LogP contribution in [0.15, 0.2) is 66.9 Å². The van der Waals surface area contributed by atoms with Crippen molar-refractivity contribution in [1.29, 1.82) is 0 Å². The first kappa shape index (κ1) is 19.6. The van der Waals surface area contributed by atoms with Gasteiger partial charge >= 0.3 is 0 Å². The Kier molecular flexibility index (Phi) is 5.79. The zero-order valence-corrected chi connectivity index (χ0v) is 16.3. The van der Waals surface area contributed by atoms with Gasteiger partial charge in [-0.15, -0.1) is 0 Å². The van der Waals surface area contributed by atoms with Crippen LogP contribution in [0.25, 0.3) is 11.1 Å². The Bertz CT molecular complexity index is 1060.